The first-order chi connectivity index (χ1) is 15.2. The average Bonchev–Trinajstić information content (AvgIpc) is 2.84. The lowest BCUT2D eigenvalue weighted by Gasteiger charge is -2.39. The number of methoxy groups -OCH3 is 1. The van der Waals surface area contributed by atoms with Crippen LogP contribution in [0.15, 0.2) is 60.7 Å². The molecule has 0 aliphatic carbocycles. The van der Waals surface area contributed by atoms with E-state index < -0.39 is 0 Å². The highest BCUT2D eigenvalue weighted by atomic mass is 16.6. The van der Waals surface area contributed by atoms with Gasteiger partial charge < -0.3 is 19.1 Å². The topological polar surface area (TPSA) is 34.2 Å². The number of fused-ring (bicyclic) bond motifs is 3. The maximum absolute atomic E-state index is 6.43. The van der Waals surface area contributed by atoms with Gasteiger partial charge in [-0.25, -0.2) is 0 Å². The summed E-state index contributed by atoms with van der Waals surface area (Å²) in [5.41, 5.74) is 1.19. The standard InChI is InChI=1S/C26H30N2O3/c1-27(20-13-15-28(16-14-20)23-9-5-6-10-24(23)29-2)17-21-18-30-25-12-11-19-7-3-4-8-22(19)26(25)31-21/h3-12,20-21H,13-18H2,1-2H3. The second kappa shape index (κ2) is 8.67. The van der Waals surface area contributed by atoms with Crippen LogP contribution in [0.25, 0.3) is 10.8 Å². The minimum atomic E-state index is 0.0375. The number of hydrogen-bond acceptors (Lipinski definition) is 5. The number of anilines is 1. The van der Waals surface area contributed by atoms with E-state index in [4.69, 9.17) is 14.2 Å². The lowest BCUT2D eigenvalue weighted by atomic mass is 10.0. The molecular weight excluding hydrogens is 388 g/mol. The summed E-state index contributed by atoms with van der Waals surface area (Å²) in [6.45, 7) is 3.52. The molecule has 2 aliphatic rings. The molecule has 5 rings (SSSR count). The van der Waals surface area contributed by atoms with Crippen molar-refractivity contribution in [3.63, 3.8) is 0 Å². The Kier molecular flexibility index (Phi) is 5.60. The zero-order valence-electron chi connectivity index (χ0n) is 18.3. The second-order valence-corrected chi connectivity index (χ2v) is 8.49. The molecule has 0 bridgehead atoms. The zero-order chi connectivity index (χ0) is 21.2. The van der Waals surface area contributed by atoms with Gasteiger partial charge in [-0.15, -0.1) is 0 Å². The molecule has 1 saturated heterocycles. The summed E-state index contributed by atoms with van der Waals surface area (Å²) in [6.07, 6.45) is 2.29. The van der Waals surface area contributed by atoms with Crippen LogP contribution in [0, 0.1) is 0 Å². The molecular formula is C26H30N2O3. The number of likely N-dealkylation sites (N-methyl/N-ethyl adjacent to an activating group) is 1. The van der Waals surface area contributed by atoms with Crippen molar-refractivity contribution in [3.05, 3.63) is 60.7 Å². The molecule has 3 aromatic carbocycles. The lowest BCUT2D eigenvalue weighted by Crippen LogP contribution is -2.48. The van der Waals surface area contributed by atoms with Crippen molar-refractivity contribution in [2.45, 2.75) is 25.0 Å². The monoisotopic (exact) mass is 418 g/mol. The predicted octanol–water partition coefficient (Wildman–Crippen LogP) is 4.59. The third-order valence-corrected chi connectivity index (χ3v) is 6.56. The fourth-order valence-corrected chi connectivity index (χ4v) is 4.84. The Bertz CT molecular complexity index is 1050. The van der Waals surface area contributed by atoms with Crippen LogP contribution in [0.1, 0.15) is 12.8 Å². The summed E-state index contributed by atoms with van der Waals surface area (Å²) < 4.78 is 18.0. The van der Waals surface area contributed by atoms with Gasteiger partial charge in [-0.2, -0.15) is 0 Å². The molecule has 1 atom stereocenters. The first-order valence-corrected chi connectivity index (χ1v) is 11.1. The molecule has 5 heteroatoms. The van der Waals surface area contributed by atoms with Gasteiger partial charge in [-0.1, -0.05) is 42.5 Å². The van der Waals surface area contributed by atoms with E-state index in [1.165, 1.54) is 11.1 Å². The van der Waals surface area contributed by atoms with Gasteiger partial charge in [0.25, 0.3) is 0 Å². The van der Waals surface area contributed by atoms with E-state index in [9.17, 15) is 0 Å². The van der Waals surface area contributed by atoms with E-state index in [-0.39, 0.29) is 6.10 Å². The molecule has 0 radical (unpaired) electrons. The maximum Gasteiger partial charge on any atom is 0.169 e. The molecule has 162 valence electrons. The van der Waals surface area contributed by atoms with Crippen molar-refractivity contribution in [3.8, 4) is 17.2 Å². The Morgan fingerprint density at radius 2 is 1.77 bits per heavy atom. The average molecular weight is 419 g/mol. The SMILES string of the molecule is COc1ccccc1N1CCC(N(C)CC2COc3ccc4ccccc4c3O2)CC1. The molecule has 5 nitrogen and oxygen atoms in total. The fourth-order valence-electron chi connectivity index (χ4n) is 4.84. The Hall–Kier alpha value is -2.92. The first kappa shape index (κ1) is 20.0. The first-order valence-electron chi connectivity index (χ1n) is 11.1. The minimum absolute atomic E-state index is 0.0375. The van der Waals surface area contributed by atoms with Crippen LogP contribution < -0.4 is 19.1 Å². The highest BCUT2D eigenvalue weighted by Gasteiger charge is 2.29. The van der Waals surface area contributed by atoms with Crippen LogP contribution in [0.3, 0.4) is 0 Å². The van der Waals surface area contributed by atoms with E-state index in [0.717, 1.165) is 55.1 Å². The summed E-state index contributed by atoms with van der Waals surface area (Å²) >= 11 is 0. The maximum atomic E-state index is 6.43. The number of piperidine rings is 1. The number of benzene rings is 3. The van der Waals surface area contributed by atoms with Crippen molar-refractivity contribution in [1.29, 1.82) is 0 Å². The Morgan fingerprint density at radius 3 is 2.61 bits per heavy atom. The lowest BCUT2D eigenvalue weighted by molar-refractivity contribution is 0.0522. The van der Waals surface area contributed by atoms with Crippen LogP contribution >= 0.6 is 0 Å². The third-order valence-electron chi connectivity index (χ3n) is 6.56. The van der Waals surface area contributed by atoms with Crippen molar-refractivity contribution >= 4 is 16.5 Å². The van der Waals surface area contributed by atoms with Crippen molar-refractivity contribution in [2.75, 3.05) is 45.3 Å². The van der Waals surface area contributed by atoms with Gasteiger partial charge in [0.2, 0.25) is 0 Å². The van der Waals surface area contributed by atoms with Crippen molar-refractivity contribution in [1.82, 2.24) is 4.90 Å². The number of hydrogen-bond donors (Lipinski definition) is 0. The van der Waals surface area contributed by atoms with E-state index in [1.54, 1.807) is 7.11 Å². The second-order valence-electron chi connectivity index (χ2n) is 8.49. The highest BCUT2D eigenvalue weighted by molar-refractivity contribution is 5.90. The van der Waals surface area contributed by atoms with Crippen LogP contribution in [-0.4, -0.2) is 57.4 Å². The van der Waals surface area contributed by atoms with Gasteiger partial charge in [0.1, 0.15) is 18.5 Å². The van der Waals surface area contributed by atoms with E-state index in [2.05, 4.69) is 59.3 Å². The van der Waals surface area contributed by atoms with Gasteiger partial charge in [0.15, 0.2) is 11.5 Å². The number of para-hydroxylation sites is 2. The van der Waals surface area contributed by atoms with Gasteiger partial charge >= 0.3 is 0 Å². The smallest absolute Gasteiger partial charge is 0.169 e. The quantitative estimate of drug-likeness (QED) is 0.605. The largest absolute Gasteiger partial charge is 0.495 e. The van der Waals surface area contributed by atoms with E-state index in [0.29, 0.717) is 12.6 Å². The van der Waals surface area contributed by atoms with E-state index >= 15 is 0 Å². The molecule has 1 unspecified atom stereocenters. The van der Waals surface area contributed by atoms with Gasteiger partial charge in [0, 0.05) is 31.1 Å². The summed E-state index contributed by atoms with van der Waals surface area (Å²) in [7, 11) is 3.96. The number of rotatable bonds is 5. The molecule has 0 amide bonds. The minimum Gasteiger partial charge on any atom is -0.495 e. The zero-order valence-corrected chi connectivity index (χ0v) is 18.3. The Balaban J connectivity index is 1.21. The summed E-state index contributed by atoms with van der Waals surface area (Å²) in [6, 6.07) is 21.3. The molecule has 0 saturated carbocycles. The van der Waals surface area contributed by atoms with Crippen LogP contribution in [0.5, 0.6) is 17.2 Å². The van der Waals surface area contributed by atoms with E-state index in [1.807, 2.05) is 18.2 Å². The van der Waals surface area contributed by atoms with Crippen LogP contribution in [0.2, 0.25) is 0 Å². The Morgan fingerprint density at radius 1 is 1.00 bits per heavy atom. The summed E-state index contributed by atoms with van der Waals surface area (Å²) in [4.78, 5) is 4.88. The third kappa shape index (κ3) is 4.02. The fraction of sp³-hybridized carbons (Fsp3) is 0.385. The van der Waals surface area contributed by atoms with Crippen molar-refractivity contribution < 1.29 is 14.2 Å². The molecule has 0 aromatic heterocycles. The molecule has 3 aromatic rings. The van der Waals surface area contributed by atoms with Crippen LogP contribution in [-0.2, 0) is 0 Å². The van der Waals surface area contributed by atoms with Gasteiger partial charge in [0.05, 0.1) is 12.8 Å². The molecule has 31 heavy (non-hydrogen) atoms. The Labute approximate surface area is 184 Å². The predicted molar refractivity (Wildman–Crippen MR) is 125 cm³/mol. The highest BCUT2D eigenvalue weighted by Crippen LogP contribution is 2.39. The van der Waals surface area contributed by atoms with Crippen LogP contribution in [0.4, 0.5) is 5.69 Å². The normalized spacial score (nSPS) is 19.1. The number of nitrogens with zero attached hydrogens (tertiary/aromatic N) is 2. The van der Waals surface area contributed by atoms with Crippen molar-refractivity contribution in [2.24, 2.45) is 0 Å². The molecule has 2 aliphatic heterocycles. The molecule has 1 fully saturated rings. The van der Waals surface area contributed by atoms with Gasteiger partial charge in [-0.3, -0.25) is 4.90 Å². The van der Waals surface area contributed by atoms with Gasteiger partial charge in [-0.05, 0) is 43.5 Å². The molecule has 2 heterocycles. The summed E-state index contributed by atoms with van der Waals surface area (Å²) in [5, 5.41) is 2.31. The number of ether oxygens (including phenoxy) is 3. The summed E-state index contributed by atoms with van der Waals surface area (Å²) in [5.74, 6) is 2.68. The molecule has 0 spiro atoms. The molecule has 0 N–H and O–H groups in total.